The highest BCUT2D eigenvalue weighted by molar-refractivity contribution is 5.99. The number of H-pyrrole nitrogens is 1. The van der Waals surface area contributed by atoms with E-state index in [0.29, 0.717) is 37.5 Å². The first-order valence-corrected chi connectivity index (χ1v) is 5.70. The molecule has 2 aromatic rings. The van der Waals surface area contributed by atoms with Gasteiger partial charge in [0.05, 0.1) is 18.8 Å². The van der Waals surface area contributed by atoms with Gasteiger partial charge in [-0.3, -0.25) is 4.79 Å². The highest BCUT2D eigenvalue weighted by Crippen LogP contribution is 2.11. The van der Waals surface area contributed by atoms with Crippen molar-refractivity contribution in [1.29, 1.82) is 0 Å². The highest BCUT2D eigenvalue weighted by atomic mass is 16.5. The van der Waals surface area contributed by atoms with E-state index in [1.165, 1.54) is 4.40 Å². The Labute approximate surface area is 102 Å². The van der Waals surface area contributed by atoms with Crippen molar-refractivity contribution in [2.75, 3.05) is 26.3 Å². The number of rotatable bonds is 1. The van der Waals surface area contributed by atoms with Gasteiger partial charge in [0.1, 0.15) is 0 Å². The van der Waals surface area contributed by atoms with Crippen LogP contribution < -0.4 is 5.69 Å². The Morgan fingerprint density at radius 1 is 1.39 bits per heavy atom. The Morgan fingerprint density at radius 3 is 2.94 bits per heavy atom. The Morgan fingerprint density at radius 2 is 2.17 bits per heavy atom. The monoisotopic (exact) mass is 248 g/mol. The molecule has 94 valence electrons. The first-order valence-electron chi connectivity index (χ1n) is 5.70. The van der Waals surface area contributed by atoms with Gasteiger partial charge in [-0.25, -0.2) is 14.3 Å². The van der Waals surface area contributed by atoms with Crippen molar-refractivity contribution in [2.45, 2.75) is 0 Å². The molecule has 1 saturated heterocycles. The van der Waals surface area contributed by atoms with E-state index in [1.54, 1.807) is 23.2 Å². The summed E-state index contributed by atoms with van der Waals surface area (Å²) in [4.78, 5) is 25.5. The van der Waals surface area contributed by atoms with Gasteiger partial charge in [0.2, 0.25) is 0 Å². The molecule has 0 aliphatic carbocycles. The largest absolute Gasteiger partial charge is 0.378 e. The predicted molar refractivity (Wildman–Crippen MR) is 62.5 cm³/mol. The summed E-state index contributed by atoms with van der Waals surface area (Å²) in [5, 5.41) is 6.22. The lowest BCUT2D eigenvalue weighted by Gasteiger charge is -2.26. The highest BCUT2D eigenvalue weighted by Gasteiger charge is 2.21. The lowest BCUT2D eigenvalue weighted by molar-refractivity contribution is 0.0304. The third-order valence-corrected chi connectivity index (χ3v) is 2.97. The van der Waals surface area contributed by atoms with Crippen molar-refractivity contribution >= 4 is 11.6 Å². The number of hydrogen-bond acceptors (Lipinski definition) is 4. The number of ether oxygens (including phenoxy) is 1. The minimum Gasteiger partial charge on any atom is -0.378 e. The summed E-state index contributed by atoms with van der Waals surface area (Å²) < 4.78 is 6.53. The van der Waals surface area contributed by atoms with E-state index in [0.717, 1.165) is 0 Å². The summed E-state index contributed by atoms with van der Waals surface area (Å²) in [7, 11) is 0. The van der Waals surface area contributed by atoms with Gasteiger partial charge in [0, 0.05) is 19.3 Å². The number of nitrogens with zero attached hydrogens (tertiary/aromatic N) is 3. The lowest BCUT2D eigenvalue weighted by atomic mass is 10.2. The van der Waals surface area contributed by atoms with Gasteiger partial charge in [-0.2, -0.15) is 5.10 Å². The molecule has 0 radical (unpaired) electrons. The second-order valence-electron chi connectivity index (χ2n) is 4.05. The minimum absolute atomic E-state index is 0.122. The van der Waals surface area contributed by atoms with Crippen LogP contribution in [0.2, 0.25) is 0 Å². The predicted octanol–water partition coefficient (Wildman–Crippen LogP) is -0.505. The van der Waals surface area contributed by atoms with Gasteiger partial charge < -0.3 is 9.64 Å². The Kier molecular flexibility index (Phi) is 2.60. The van der Waals surface area contributed by atoms with Gasteiger partial charge in [0.25, 0.3) is 5.91 Å². The summed E-state index contributed by atoms with van der Waals surface area (Å²) >= 11 is 0. The molecule has 7 nitrogen and oxygen atoms in total. The lowest BCUT2D eigenvalue weighted by Crippen LogP contribution is -2.40. The molecular formula is C11H12N4O3. The maximum Gasteiger partial charge on any atom is 0.347 e. The van der Waals surface area contributed by atoms with E-state index >= 15 is 0 Å². The molecule has 0 unspecified atom stereocenters. The number of fused-ring (bicyclic) bond motifs is 1. The van der Waals surface area contributed by atoms with E-state index in [9.17, 15) is 9.59 Å². The fourth-order valence-electron chi connectivity index (χ4n) is 2.04. The van der Waals surface area contributed by atoms with Crippen LogP contribution in [0, 0.1) is 0 Å². The quantitative estimate of drug-likeness (QED) is 0.737. The normalized spacial score (nSPS) is 16.1. The van der Waals surface area contributed by atoms with Crippen LogP contribution in [0.4, 0.5) is 0 Å². The number of nitrogens with one attached hydrogen (secondary N) is 1. The molecule has 0 aromatic carbocycles. The van der Waals surface area contributed by atoms with E-state index < -0.39 is 0 Å². The van der Waals surface area contributed by atoms with Gasteiger partial charge >= 0.3 is 5.69 Å². The van der Waals surface area contributed by atoms with Gasteiger partial charge in [0.15, 0.2) is 5.65 Å². The van der Waals surface area contributed by atoms with Crippen LogP contribution in [0.3, 0.4) is 0 Å². The molecule has 1 N–H and O–H groups in total. The molecule has 0 atom stereocenters. The average molecular weight is 248 g/mol. The van der Waals surface area contributed by atoms with Crippen molar-refractivity contribution in [3.63, 3.8) is 0 Å². The number of amides is 1. The molecule has 3 heterocycles. The van der Waals surface area contributed by atoms with E-state index in [-0.39, 0.29) is 11.6 Å². The van der Waals surface area contributed by atoms with Gasteiger partial charge in [-0.15, -0.1) is 0 Å². The molecule has 2 aromatic heterocycles. The number of aromatic amines is 1. The fraction of sp³-hybridized carbons (Fsp3) is 0.364. The molecule has 1 fully saturated rings. The zero-order valence-corrected chi connectivity index (χ0v) is 9.63. The summed E-state index contributed by atoms with van der Waals surface area (Å²) in [6.07, 6.45) is 1.58. The molecule has 1 aliphatic rings. The number of carbonyl (C=O) groups is 1. The molecule has 1 amide bonds. The van der Waals surface area contributed by atoms with Crippen LogP contribution in [0.25, 0.3) is 5.65 Å². The van der Waals surface area contributed by atoms with Crippen molar-refractivity contribution in [3.05, 3.63) is 34.4 Å². The molecule has 1 aliphatic heterocycles. The first kappa shape index (κ1) is 11.0. The third kappa shape index (κ3) is 1.68. The average Bonchev–Trinajstić information content (AvgIpc) is 2.81. The molecule has 7 heteroatoms. The standard InChI is InChI=1S/C11H12N4O3/c16-10(14-4-6-18-7-5-14)8-2-1-3-15-9(8)12-13-11(15)17/h1-3H,4-7H2,(H,13,17). The molecular weight excluding hydrogens is 236 g/mol. The maximum atomic E-state index is 12.3. The van der Waals surface area contributed by atoms with Crippen LogP contribution in [0.5, 0.6) is 0 Å². The summed E-state index contributed by atoms with van der Waals surface area (Å²) in [6.45, 7) is 2.22. The Bertz CT molecular complexity index is 639. The van der Waals surface area contributed by atoms with Crippen molar-refractivity contribution in [1.82, 2.24) is 19.5 Å². The van der Waals surface area contributed by atoms with Gasteiger partial charge in [-0.1, -0.05) is 0 Å². The topological polar surface area (TPSA) is 79.7 Å². The van der Waals surface area contributed by atoms with Crippen LogP contribution in [-0.4, -0.2) is 51.7 Å². The number of carbonyl (C=O) groups excluding carboxylic acids is 1. The summed E-state index contributed by atoms with van der Waals surface area (Å²) in [6, 6.07) is 3.34. The SMILES string of the molecule is O=C(c1cccn2c(=O)[nH]nc12)N1CCOCC1. The summed E-state index contributed by atoms with van der Waals surface area (Å²) in [5.74, 6) is -0.122. The van der Waals surface area contributed by atoms with Crippen molar-refractivity contribution in [3.8, 4) is 0 Å². The number of aromatic nitrogens is 3. The second-order valence-corrected chi connectivity index (χ2v) is 4.05. The molecule has 18 heavy (non-hydrogen) atoms. The summed E-state index contributed by atoms with van der Waals surface area (Å²) in [5.41, 5.74) is 0.443. The number of pyridine rings is 1. The second kappa shape index (κ2) is 4.26. The van der Waals surface area contributed by atoms with Gasteiger partial charge in [-0.05, 0) is 12.1 Å². The first-order chi connectivity index (χ1) is 8.77. The van der Waals surface area contributed by atoms with E-state index in [1.807, 2.05) is 0 Å². The minimum atomic E-state index is -0.346. The number of morpholine rings is 1. The molecule has 0 bridgehead atoms. The smallest absolute Gasteiger partial charge is 0.347 e. The molecule has 0 spiro atoms. The molecule has 0 saturated carbocycles. The van der Waals surface area contributed by atoms with Crippen molar-refractivity contribution in [2.24, 2.45) is 0 Å². The zero-order valence-electron chi connectivity index (χ0n) is 9.63. The van der Waals surface area contributed by atoms with Crippen molar-refractivity contribution < 1.29 is 9.53 Å². The maximum absolute atomic E-state index is 12.3. The van der Waals surface area contributed by atoms with Crippen LogP contribution in [0.1, 0.15) is 10.4 Å². The zero-order chi connectivity index (χ0) is 12.5. The van der Waals surface area contributed by atoms with Crippen LogP contribution in [0.15, 0.2) is 23.1 Å². The Balaban J connectivity index is 2.03. The van der Waals surface area contributed by atoms with Crippen LogP contribution >= 0.6 is 0 Å². The Hall–Kier alpha value is -2.15. The van der Waals surface area contributed by atoms with E-state index in [2.05, 4.69) is 10.2 Å². The van der Waals surface area contributed by atoms with Crippen LogP contribution in [-0.2, 0) is 4.74 Å². The van der Waals surface area contributed by atoms with E-state index in [4.69, 9.17) is 4.74 Å². The number of hydrogen-bond donors (Lipinski definition) is 1. The molecule has 3 rings (SSSR count). The third-order valence-electron chi connectivity index (χ3n) is 2.97. The fourth-order valence-corrected chi connectivity index (χ4v) is 2.04.